The molecule has 2 N–H and O–H groups in total. The van der Waals surface area contributed by atoms with Crippen LogP contribution >= 0.6 is 0 Å². The van der Waals surface area contributed by atoms with E-state index in [0.717, 1.165) is 16.8 Å². The van der Waals surface area contributed by atoms with E-state index in [1.54, 1.807) is 18.2 Å². The van der Waals surface area contributed by atoms with Gasteiger partial charge in [0.05, 0.1) is 25.3 Å². The molecule has 1 aromatic carbocycles. The number of anilines is 1. The Kier molecular flexibility index (Phi) is 4.46. The number of esters is 1. The normalized spacial score (nSPS) is 10.8. The van der Waals surface area contributed by atoms with Crippen LogP contribution in [0.2, 0.25) is 0 Å². The van der Waals surface area contributed by atoms with Crippen molar-refractivity contribution in [2.75, 3.05) is 20.0 Å². The average molecular weight is 356 g/mol. The quantitative estimate of drug-likeness (QED) is 0.564. The van der Waals surface area contributed by atoms with Crippen LogP contribution < -0.4 is 19.9 Å². The van der Waals surface area contributed by atoms with Crippen molar-refractivity contribution in [2.24, 2.45) is 0 Å². The molecule has 0 unspecified atom stereocenters. The number of benzene rings is 1. The molecule has 0 saturated carbocycles. The van der Waals surface area contributed by atoms with E-state index >= 15 is 0 Å². The minimum absolute atomic E-state index is 0.0737. The SMILES string of the molecule is COc1ccc(OC(=O)c2oc3nc(C)c(C)c(C)c3c2N)cc1OC. The highest BCUT2D eigenvalue weighted by atomic mass is 16.6. The van der Waals surface area contributed by atoms with Crippen molar-refractivity contribution in [1.82, 2.24) is 4.98 Å². The number of nitrogen functional groups attached to an aromatic ring is 1. The van der Waals surface area contributed by atoms with Crippen LogP contribution in [0.15, 0.2) is 22.6 Å². The summed E-state index contributed by atoms with van der Waals surface area (Å²) >= 11 is 0. The Morgan fingerprint density at radius 3 is 2.42 bits per heavy atom. The molecule has 0 aliphatic rings. The number of hydrogen-bond donors (Lipinski definition) is 1. The Bertz CT molecular complexity index is 1010. The summed E-state index contributed by atoms with van der Waals surface area (Å²) < 4.78 is 21.3. The molecule has 2 heterocycles. The van der Waals surface area contributed by atoms with Gasteiger partial charge < -0.3 is 24.4 Å². The van der Waals surface area contributed by atoms with Gasteiger partial charge in [-0.25, -0.2) is 9.78 Å². The first kappa shape index (κ1) is 17.6. The molecule has 3 rings (SSSR count). The maximum absolute atomic E-state index is 12.5. The first-order valence-electron chi connectivity index (χ1n) is 7.97. The summed E-state index contributed by atoms with van der Waals surface area (Å²) in [6.45, 7) is 5.75. The maximum Gasteiger partial charge on any atom is 0.381 e. The fourth-order valence-electron chi connectivity index (χ4n) is 2.75. The van der Waals surface area contributed by atoms with E-state index in [1.807, 2.05) is 20.8 Å². The fourth-order valence-corrected chi connectivity index (χ4v) is 2.75. The molecule has 7 heteroatoms. The summed E-state index contributed by atoms with van der Waals surface area (Å²) in [4.78, 5) is 16.9. The van der Waals surface area contributed by atoms with Crippen LogP contribution in [-0.4, -0.2) is 25.2 Å². The van der Waals surface area contributed by atoms with Crippen LogP contribution in [0.25, 0.3) is 11.1 Å². The van der Waals surface area contributed by atoms with Crippen LogP contribution in [0, 0.1) is 20.8 Å². The molecule has 0 aliphatic carbocycles. The third-order valence-electron chi connectivity index (χ3n) is 4.43. The third kappa shape index (κ3) is 2.81. The summed E-state index contributed by atoms with van der Waals surface area (Å²) in [7, 11) is 3.03. The van der Waals surface area contributed by atoms with Crippen molar-refractivity contribution in [3.05, 3.63) is 40.8 Å². The summed E-state index contributed by atoms with van der Waals surface area (Å²) in [5, 5.41) is 0.632. The van der Waals surface area contributed by atoms with E-state index in [9.17, 15) is 4.79 Å². The molecule has 2 aromatic heterocycles. The van der Waals surface area contributed by atoms with Crippen molar-refractivity contribution in [2.45, 2.75) is 20.8 Å². The lowest BCUT2D eigenvalue weighted by molar-refractivity contribution is 0.0704. The molecule has 136 valence electrons. The number of rotatable bonds is 4. The number of methoxy groups -OCH3 is 2. The number of carbonyl (C=O) groups excluding carboxylic acids is 1. The van der Waals surface area contributed by atoms with E-state index in [0.29, 0.717) is 22.6 Å². The van der Waals surface area contributed by atoms with Crippen LogP contribution in [-0.2, 0) is 0 Å². The van der Waals surface area contributed by atoms with Crippen molar-refractivity contribution in [1.29, 1.82) is 0 Å². The highest BCUT2D eigenvalue weighted by Gasteiger charge is 2.24. The third-order valence-corrected chi connectivity index (χ3v) is 4.43. The second kappa shape index (κ2) is 6.59. The number of aromatic nitrogens is 1. The largest absolute Gasteiger partial charge is 0.493 e. The Morgan fingerprint density at radius 2 is 1.77 bits per heavy atom. The predicted octanol–water partition coefficient (Wildman–Crippen LogP) is 3.57. The number of aryl methyl sites for hydroxylation is 2. The molecular formula is C19H20N2O5. The molecule has 0 radical (unpaired) electrons. The molecule has 0 bridgehead atoms. The molecule has 0 saturated heterocycles. The number of pyridine rings is 1. The minimum Gasteiger partial charge on any atom is -0.493 e. The monoisotopic (exact) mass is 356 g/mol. The summed E-state index contributed by atoms with van der Waals surface area (Å²) in [5.74, 6) is 0.475. The molecule has 3 aromatic rings. The number of carbonyl (C=O) groups is 1. The zero-order valence-electron chi connectivity index (χ0n) is 15.3. The zero-order valence-corrected chi connectivity index (χ0v) is 15.3. The lowest BCUT2D eigenvalue weighted by atomic mass is 10.1. The molecule has 0 amide bonds. The number of fused-ring (bicyclic) bond motifs is 1. The van der Waals surface area contributed by atoms with Gasteiger partial charge in [-0.1, -0.05) is 0 Å². The number of nitrogens with two attached hydrogens (primary N) is 1. The molecular weight excluding hydrogens is 336 g/mol. The summed E-state index contributed by atoms with van der Waals surface area (Å²) in [6.07, 6.45) is 0. The van der Waals surface area contributed by atoms with Crippen LogP contribution in [0.3, 0.4) is 0 Å². The number of hydrogen-bond acceptors (Lipinski definition) is 7. The maximum atomic E-state index is 12.5. The molecule has 0 fully saturated rings. The topological polar surface area (TPSA) is 96.8 Å². The van der Waals surface area contributed by atoms with Gasteiger partial charge in [0.1, 0.15) is 5.75 Å². The van der Waals surface area contributed by atoms with Gasteiger partial charge in [-0.2, -0.15) is 0 Å². The number of nitrogens with zero attached hydrogens (tertiary/aromatic N) is 1. The Balaban J connectivity index is 1.98. The molecule has 0 spiro atoms. The Hall–Kier alpha value is -3.22. The van der Waals surface area contributed by atoms with Crippen LogP contribution in [0.5, 0.6) is 17.2 Å². The molecule has 7 nitrogen and oxygen atoms in total. The first-order valence-corrected chi connectivity index (χ1v) is 7.97. The molecule has 0 aliphatic heterocycles. The van der Waals surface area contributed by atoms with Crippen molar-refractivity contribution < 1.29 is 23.4 Å². The number of furan rings is 1. The van der Waals surface area contributed by atoms with Crippen LogP contribution in [0.4, 0.5) is 5.69 Å². The second-order valence-corrected chi connectivity index (χ2v) is 5.88. The highest BCUT2D eigenvalue weighted by molar-refractivity contribution is 6.04. The van der Waals surface area contributed by atoms with Crippen molar-refractivity contribution in [3.63, 3.8) is 0 Å². The lowest BCUT2D eigenvalue weighted by Gasteiger charge is -2.09. The van der Waals surface area contributed by atoms with Gasteiger partial charge in [-0.05, 0) is 44.0 Å². The summed E-state index contributed by atoms with van der Waals surface area (Å²) in [6, 6.07) is 4.78. The van der Waals surface area contributed by atoms with E-state index in [2.05, 4.69) is 4.98 Å². The minimum atomic E-state index is -0.706. The van der Waals surface area contributed by atoms with Crippen molar-refractivity contribution in [3.8, 4) is 17.2 Å². The fraction of sp³-hybridized carbons (Fsp3) is 0.263. The van der Waals surface area contributed by atoms with Gasteiger partial charge in [0.25, 0.3) is 0 Å². The van der Waals surface area contributed by atoms with Gasteiger partial charge in [0, 0.05) is 11.8 Å². The van der Waals surface area contributed by atoms with E-state index < -0.39 is 5.97 Å². The molecule has 0 atom stereocenters. The Labute approximate surface area is 150 Å². The van der Waals surface area contributed by atoms with E-state index in [-0.39, 0.29) is 17.2 Å². The van der Waals surface area contributed by atoms with Gasteiger partial charge in [-0.15, -0.1) is 0 Å². The van der Waals surface area contributed by atoms with Gasteiger partial charge in [-0.3, -0.25) is 0 Å². The lowest BCUT2D eigenvalue weighted by Crippen LogP contribution is -2.09. The average Bonchev–Trinajstić information content (AvgIpc) is 2.96. The molecule has 26 heavy (non-hydrogen) atoms. The van der Waals surface area contributed by atoms with Gasteiger partial charge >= 0.3 is 5.97 Å². The van der Waals surface area contributed by atoms with E-state index in [1.165, 1.54) is 14.2 Å². The van der Waals surface area contributed by atoms with E-state index in [4.69, 9.17) is 24.4 Å². The predicted molar refractivity (Wildman–Crippen MR) is 97.1 cm³/mol. The second-order valence-electron chi connectivity index (χ2n) is 5.88. The smallest absolute Gasteiger partial charge is 0.381 e. The standard InChI is InChI=1S/C19H20N2O5/c1-9-10(2)15-16(20)17(26-18(15)21-11(9)3)19(22)25-12-6-7-13(23-4)14(8-12)24-5/h6-8H,20H2,1-5H3. The summed E-state index contributed by atoms with van der Waals surface area (Å²) in [5.41, 5.74) is 9.44. The van der Waals surface area contributed by atoms with Gasteiger partial charge in [0.15, 0.2) is 11.5 Å². The van der Waals surface area contributed by atoms with Crippen LogP contribution in [0.1, 0.15) is 27.4 Å². The zero-order chi connectivity index (χ0) is 19.0. The highest BCUT2D eigenvalue weighted by Crippen LogP contribution is 2.34. The van der Waals surface area contributed by atoms with Crippen molar-refractivity contribution >= 4 is 22.8 Å². The first-order chi connectivity index (χ1) is 12.4. The number of ether oxygens (including phenoxy) is 3. The van der Waals surface area contributed by atoms with Gasteiger partial charge in [0.2, 0.25) is 11.5 Å². The Morgan fingerprint density at radius 1 is 1.08 bits per heavy atom.